The maximum Gasteiger partial charge on any atom is 0.152 e. The zero-order chi connectivity index (χ0) is 17.1. The maximum absolute atomic E-state index is 9.72. The maximum atomic E-state index is 9.72. The van der Waals surface area contributed by atoms with E-state index in [4.69, 9.17) is 0 Å². The van der Waals surface area contributed by atoms with Crippen molar-refractivity contribution in [1.82, 2.24) is 15.0 Å². The SMILES string of the molecule is N#Cc1c(N2CCCC2)ncnc1N1CCN(c2ccccn2)CC1. The third kappa shape index (κ3) is 3.07. The summed E-state index contributed by atoms with van der Waals surface area (Å²) >= 11 is 0. The number of piperazine rings is 1. The number of nitriles is 1. The summed E-state index contributed by atoms with van der Waals surface area (Å²) in [5, 5.41) is 9.72. The first-order chi connectivity index (χ1) is 12.4. The third-order valence-electron chi connectivity index (χ3n) is 4.88. The quantitative estimate of drug-likeness (QED) is 0.845. The number of aromatic nitrogens is 3. The van der Waals surface area contributed by atoms with E-state index >= 15 is 0 Å². The van der Waals surface area contributed by atoms with Gasteiger partial charge in [0.25, 0.3) is 0 Å². The molecule has 4 heterocycles. The molecule has 2 aliphatic heterocycles. The Hall–Kier alpha value is -2.88. The predicted molar refractivity (Wildman–Crippen MR) is 96.9 cm³/mol. The van der Waals surface area contributed by atoms with Crippen molar-refractivity contribution in [3.8, 4) is 6.07 Å². The molecule has 0 aliphatic carbocycles. The van der Waals surface area contributed by atoms with E-state index in [1.807, 2.05) is 24.4 Å². The fourth-order valence-corrected chi connectivity index (χ4v) is 3.56. The van der Waals surface area contributed by atoms with Crippen molar-refractivity contribution in [2.24, 2.45) is 0 Å². The van der Waals surface area contributed by atoms with Crippen molar-refractivity contribution >= 4 is 17.5 Å². The van der Waals surface area contributed by atoms with Gasteiger partial charge in [-0.2, -0.15) is 5.26 Å². The summed E-state index contributed by atoms with van der Waals surface area (Å²) in [5.74, 6) is 2.56. The molecular formula is C18H21N7. The van der Waals surface area contributed by atoms with Gasteiger partial charge in [-0.05, 0) is 25.0 Å². The lowest BCUT2D eigenvalue weighted by Crippen LogP contribution is -2.47. The number of anilines is 3. The molecule has 0 radical (unpaired) electrons. The number of hydrogen-bond donors (Lipinski definition) is 0. The molecule has 7 nitrogen and oxygen atoms in total. The second kappa shape index (κ2) is 6.93. The zero-order valence-electron chi connectivity index (χ0n) is 14.2. The van der Waals surface area contributed by atoms with E-state index in [1.54, 1.807) is 6.33 Å². The highest BCUT2D eigenvalue weighted by molar-refractivity contribution is 5.66. The van der Waals surface area contributed by atoms with Gasteiger partial charge in [-0.1, -0.05) is 6.07 Å². The van der Waals surface area contributed by atoms with Gasteiger partial charge in [0.15, 0.2) is 11.6 Å². The standard InChI is InChI=1S/C18H21N7/c19-13-15-17(24-7-3-4-8-24)21-14-22-18(15)25-11-9-23(10-12-25)16-5-1-2-6-20-16/h1-2,5-6,14H,3-4,7-12H2. The lowest BCUT2D eigenvalue weighted by atomic mass is 10.2. The van der Waals surface area contributed by atoms with Crippen LogP contribution in [0.3, 0.4) is 0 Å². The molecule has 0 amide bonds. The summed E-state index contributed by atoms with van der Waals surface area (Å²) < 4.78 is 0. The molecule has 0 N–H and O–H groups in total. The minimum Gasteiger partial charge on any atom is -0.355 e. The number of nitrogens with zero attached hydrogens (tertiary/aromatic N) is 7. The molecule has 2 aliphatic rings. The molecule has 2 saturated heterocycles. The Morgan fingerprint density at radius 1 is 0.800 bits per heavy atom. The Kier molecular flexibility index (Phi) is 4.34. The molecule has 4 rings (SSSR count). The average Bonchev–Trinajstić information content (AvgIpc) is 3.23. The molecule has 2 fully saturated rings. The fourth-order valence-electron chi connectivity index (χ4n) is 3.56. The fraction of sp³-hybridized carbons (Fsp3) is 0.444. The first kappa shape index (κ1) is 15.6. The molecular weight excluding hydrogens is 314 g/mol. The van der Waals surface area contributed by atoms with Crippen LogP contribution >= 0.6 is 0 Å². The largest absolute Gasteiger partial charge is 0.355 e. The highest BCUT2D eigenvalue weighted by Gasteiger charge is 2.25. The Balaban J connectivity index is 1.53. The summed E-state index contributed by atoms with van der Waals surface area (Å²) in [4.78, 5) is 19.9. The number of pyridine rings is 1. The van der Waals surface area contributed by atoms with Crippen LogP contribution < -0.4 is 14.7 Å². The third-order valence-corrected chi connectivity index (χ3v) is 4.88. The van der Waals surface area contributed by atoms with Crippen molar-refractivity contribution in [3.05, 3.63) is 36.3 Å². The van der Waals surface area contributed by atoms with E-state index in [0.717, 1.165) is 69.6 Å². The van der Waals surface area contributed by atoms with Crippen LogP contribution in [-0.4, -0.2) is 54.2 Å². The summed E-state index contributed by atoms with van der Waals surface area (Å²) in [6.07, 6.45) is 5.73. The van der Waals surface area contributed by atoms with Crippen molar-refractivity contribution in [3.63, 3.8) is 0 Å². The van der Waals surface area contributed by atoms with Crippen molar-refractivity contribution < 1.29 is 0 Å². The molecule has 0 atom stereocenters. The lowest BCUT2D eigenvalue weighted by Gasteiger charge is -2.36. The van der Waals surface area contributed by atoms with Gasteiger partial charge in [0.2, 0.25) is 0 Å². The monoisotopic (exact) mass is 335 g/mol. The molecule has 128 valence electrons. The summed E-state index contributed by atoms with van der Waals surface area (Å²) in [7, 11) is 0. The smallest absolute Gasteiger partial charge is 0.152 e. The number of hydrogen-bond acceptors (Lipinski definition) is 7. The van der Waals surface area contributed by atoms with E-state index in [1.165, 1.54) is 0 Å². The summed E-state index contributed by atoms with van der Waals surface area (Å²) in [6, 6.07) is 8.32. The van der Waals surface area contributed by atoms with Gasteiger partial charge >= 0.3 is 0 Å². The van der Waals surface area contributed by atoms with E-state index in [0.29, 0.717) is 5.56 Å². The van der Waals surface area contributed by atoms with Crippen molar-refractivity contribution in [1.29, 1.82) is 5.26 Å². The highest BCUT2D eigenvalue weighted by atomic mass is 15.3. The minimum absolute atomic E-state index is 0.607. The van der Waals surface area contributed by atoms with Gasteiger partial charge < -0.3 is 14.7 Å². The molecule has 2 aromatic heterocycles. The van der Waals surface area contributed by atoms with Gasteiger partial charge in [-0.15, -0.1) is 0 Å². The van der Waals surface area contributed by atoms with E-state index in [2.05, 4.69) is 35.7 Å². The van der Waals surface area contributed by atoms with Crippen LogP contribution in [0.15, 0.2) is 30.7 Å². The van der Waals surface area contributed by atoms with Gasteiger partial charge in [0.05, 0.1) is 0 Å². The van der Waals surface area contributed by atoms with E-state index < -0.39 is 0 Å². The van der Waals surface area contributed by atoms with Crippen LogP contribution in [0.1, 0.15) is 18.4 Å². The van der Waals surface area contributed by atoms with Gasteiger partial charge in [0.1, 0.15) is 23.8 Å². The minimum atomic E-state index is 0.607. The Morgan fingerprint density at radius 2 is 1.44 bits per heavy atom. The van der Waals surface area contributed by atoms with Crippen molar-refractivity contribution in [2.45, 2.75) is 12.8 Å². The Morgan fingerprint density at radius 3 is 2.04 bits per heavy atom. The van der Waals surface area contributed by atoms with Crippen LogP contribution in [0.2, 0.25) is 0 Å². The second-order valence-electron chi connectivity index (χ2n) is 6.36. The lowest BCUT2D eigenvalue weighted by molar-refractivity contribution is 0.640. The molecule has 0 spiro atoms. The first-order valence-corrected chi connectivity index (χ1v) is 8.78. The van der Waals surface area contributed by atoms with Crippen LogP contribution in [0.4, 0.5) is 17.5 Å². The zero-order valence-corrected chi connectivity index (χ0v) is 14.2. The highest BCUT2D eigenvalue weighted by Crippen LogP contribution is 2.28. The molecule has 0 saturated carbocycles. The average molecular weight is 335 g/mol. The molecule has 0 unspecified atom stereocenters. The normalized spacial score (nSPS) is 17.6. The Bertz CT molecular complexity index is 757. The molecule has 0 aromatic carbocycles. The molecule has 0 bridgehead atoms. The van der Waals surface area contributed by atoms with Crippen LogP contribution in [-0.2, 0) is 0 Å². The van der Waals surface area contributed by atoms with Gasteiger partial charge in [0, 0.05) is 45.5 Å². The summed E-state index contributed by atoms with van der Waals surface area (Å²) in [5.41, 5.74) is 0.607. The predicted octanol–water partition coefficient (Wildman–Crippen LogP) is 1.67. The van der Waals surface area contributed by atoms with E-state index in [-0.39, 0.29) is 0 Å². The molecule has 2 aromatic rings. The van der Waals surface area contributed by atoms with Crippen LogP contribution in [0.25, 0.3) is 0 Å². The van der Waals surface area contributed by atoms with E-state index in [9.17, 15) is 5.26 Å². The van der Waals surface area contributed by atoms with Gasteiger partial charge in [-0.3, -0.25) is 0 Å². The summed E-state index contributed by atoms with van der Waals surface area (Å²) in [6.45, 7) is 5.32. The molecule has 7 heteroatoms. The number of rotatable bonds is 3. The van der Waals surface area contributed by atoms with Crippen molar-refractivity contribution in [2.75, 3.05) is 54.0 Å². The van der Waals surface area contributed by atoms with Crippen LogP contribution in [0, 0.1) is 11.3 Å². The topological polar surface area (TPSA) is 72.2 Å². The molecule has 25 heavy (non-hydrogen) atoms. The second-order valence-corrected chi connectivity index (χ2v) is 6.36. The van der Waals surface area contributed by atoms with Gasteiger partial charge in [-0.25, -0.2) is 15.0 Å². The first-order valence-electron chi connectivity index (χ1n) is 8.78. The Labute approximate surface area is 147 Å². The van der Waals surface area contributed by atoms with Crippen LogP contribution in [0.5, 0.6) is 0 Å².